The monoisotopic (exact) mass is 297 g/mol. The topological polar surface area (TPSA) is 63.7 Å². The van der Waals surface area contributed by atoms with Crippen molar-refractivity contribution in [3.63, 3.8) is 0 Å². The fraction of sp³-hybridized carbons (Fsp3) is 0.444. The maximum absolute atomic E-state index is 11.8. The number of carbonyl (C=O) groups excluding carboxylic acids is 1. The highest BCUT2D eigenvalue weighted by Gasteiger charge is 2.18. The second kappa shape index (κ2) is 5.81. The Balaban J connectivity index is 2.80. The number of hydrogen-bond donors (Lipinski definition) is 0. The van der Waals surface area contributed by atoms with Gasteiger partial charge in [0.05, 0.1) is 12.2 Å². The van der Waals surface area contributed by atoms with Gasteiger partial charge in [-0.3, -0.25) is 4.79 Å². The van der Waals surface area contributed by atoms with Crippen LogP contribution in [0, 0.1) is 0 Å². The SMILES string of the molecule is COCCN(C)C(=O)c1csc(S(=O)(=O)Cl)c1. The Morgan fingerprint density at radius 3 is 2.71 bits per heavy atom. The van der Waals surface area contributed by atoms with Crippen LogP contribution in [0.1, 0.15) is 10.4 Å². The highest BCUT2D eigenvalue weighted by atomic mass is 35.7. The van der Waals surface area contributed by atoms with Crippen molar-refractivity contribution >= 4 is 37.0 Å². The minimum Gasteiger partial charge on any atom is -0.383 e. The van der Waals surface area contributed by atoms with Crippen LogP contribution in [0.3, 0.4) is 0 Å². The molecule has 96 valence electrons. The zero-order valence-electron chi connectivity index (χ0n) is 9.34. The van der Waals surface area contributed by atoms with E-state index in [0.29, 0.717) is 18.7 Å². The number of nitrogens with zero attached hydrogens (tertiary/aromatic N) is 1. The van der Waals surface area contributed by atoms with Gasteiger partial charge in [-0.15, -0.1) is 11.3 Å². The standard InChI is InChI=1S/C9H12ClNO4S2/c1-11(3-4-15-2)9(12)7-5-8(16-6-7)17(10,13)14/h5-6H,3-4H2,1-2H3. The average molecular weight is 298 g/mol. The highest BCUT2D eigenvalue weighted by Crippen LogP contribution is 2.24. The first-order valence-electron chi connectivity index (χ1n) is 4.64. The van der Waals surface area contributed by atoms with E-state index in [1.165, 1.54) is 16.3 Å². The summed E-state index contributed by atoms with van der Waals surface area (Å²) >= 11 is 0.927. The molecule has 8 heteroatoms. The quantitative estimate of drug-likeness (QED) is 0.771. The number of rotatable bonds is 5. The van der Waals surface area contributed by atoms with Crippen LogP contribution in [-0.4, -0.2) is 46.5 Å². The molecule has 0 radical (unpaired) electrons. The van der Waals surface area contributed by atoms with Gasteiger partial charge in [-0.2, -0.15) is 0 Å². The molecule has 17 heavy (non-hydrogen) atoms. The highest BCUT2D eigenvalue weighted by molar-refractivity contribution is 8.15. The van der Waals surface area contributed by atoms with Gasteiger partial charge in [-0.05, 0) is 6.07 Å². The summed E-state index contributed by atoms with van der Waals surface area (Å²) in [7, 11) is 4.58. The van der Waals surface area contributed by atoms with Crippen LogP contribution in [0.15, 0.2) is 15.7 Å². The van der Waals surface area contributed by atoms with E-state index in [1.54, 1.807) is 14.2 Å². The van der Waals surface area contributed by atoms with Crippen molar-refractivity contribution in [2.24, 2.45) is 0 Å². The van der Waals surface area contributed by atoms with Crippen molar-refractivity contribution in [1.29, 1.82) is 0 Å². The molecule has 5 nitrogen and oxygen atoms in total. The van der Waals surface area contributed by atoms with Gasteiger partial charge in [0, 0.05) is 36.8 Å². The predicted octanol–water partition coefficient (Wildman–Crippen LogP) is 1.39. The number of thiophene rings is 1. The second-order valence-corrected chi connectivity index (χ2v) is 7.02. The molecule has 1 amide bonds. The number of hydrogen-bond acceptors (Lipinski definition) is 5. The Morgan fingerprint density at radius 1 is 1.59 bits per heavy atom. The number of ether oxygens (including phenoxy) is 1. The lowest BCUT2D eigenvalue weighted by Gasteiger charge is -2.15. The molecule has 0 saturated carbocycles. The summed E-state index contributed by atoms with van der Waals surface area (Å²) in [6.07, 6.45) is 0. The molecule has 0 aromatic carbocycles. The van der Waals surface area contributed by atoms with Crippen LogP contribution in [-0.2, 0) is 13.8 Å². The summed E-state index contributed by atoms with van der Waals surface area (Å²) in [6.45, 7) is 0.862. The van der Waals surface area contributed by atoms with Gasteiger partial charge in [-0.1, -0.05) is 0 Å². The molecule has 0 saturated heterocycles. The molecular weight excluding hydrogens is 286 g/mol. The molecule has 0 atom stereocenters. The van der Waals surface area contributed by atoms with Crippen molar-refractivity contribution in [3.8, 4) is 0 Å². The first kappa shape index (κ1) is 14.4. The van der Waals surface area contributed by atoms with Crippen LogP contribution in [0.5, 0.6) is 0 Å². The molecule has 0 spiro atoms. The maximum Gasteiger partial charge on any atom is 0.270 e. The number of likely N-dealkylation sites (N-methyl/N-ethyl adjacent to an activating group) is 1. The molecule has 1 aromatic heterocycles. The molecule has 0 bridgehead atoms. The summed E-state index contributed by atoms with van der Waals surface area (Å²) in [5.41, 5.74) is 0.313. The van der Waals surface area contributed by atoms with Gasteiger partial charge < -0.3 is 9.64 Å². The second-order valence-electron chi connectivity index (χ2n) is 3.31. The molecule has 0 fully saturated rings. The van der Waals surface area contributed by atoms with E-state index in [1.807, 2.05) is 0 Å². The first-order chi connectivity index (χ1) is 7.86. The van der Waals surface area contributed by atoms with Gasteiger partial charge in [0.2, 0.25) is 0 Å². The summed E-state index contributed by atoms with van der Waals surface area (Å²) < 4.78 is 26.9. The molecule has 1 aromatic rings. The Hall–Kier alpha value is -0.630. The number of carbonyl (C=O) groups is 1. The third-order valence-corrected chi connectivity index (χ3v) is 5.08. The van der Waals surface area contributed by atoms with E-state index >= 15 is 0 Å². The molecular formula is C9H12ClNO4S2. The Labute approximate surface area is 108 Å². The molecule has 1 heterocycles. The lowest BCUT2D eigenvalue weighted by atomic mass is 10.3. The molecule has 0 N–H and O–H groups in total. The minimum absolute atomic E-state index is 0.0253. The van der Waals surface area contributed by atoms with E-state index in [2.05, 4.69) is 0 Å². The van der Waals surface area contributed by atoms with Crippen LogP contribution in [0.2, 0.25) is 0 Å². The van der Waals surface area contributed by atoms with Crippen molar-refractivity contribution in [2.75, 3.05) is 27.3 Å². The summed E-state index contributed by atoms with van der Waals surface area (Å²) in [6, 6.07) is 1.28. The number of amides is 1. The number of methoxy groups -OCH3 is 1. The van der Waals surface area contributed by atoms with Gasteiger partial charge in [0.25, 0.3) is 15.0 Å². The van der Waals surface area contributed by atoms with Gasteiger partial charge >= 0.3 is 0 Å². The lowest BCUT2D eigenvalue weighted by molar-refractivity contribution is 0.0744. The molecule has 0 unspecified atom stereocenters. The molecule has 0 aliphatic carbocycles. The summed E-state index contributed by atoms with van der Waals surface area (Å²) in [4.78, 5) is 13.3. The number of halogens is 1. The van der Waals surface area contributed by atoms with E-state index < -0.39 is 9.05 Å². The normalized spacial score (nSPS) is 11.5. The Bertz CT molecular complexity index is 497. The van der Waals surface area contributed by atoms with E-state index in [4.69, 9.17) is 15.4 Å². The Morgan fingerprint density at radius 2 is 2.24 bits per heavy atom. The van der Waals surface area contributed by atoms with Gasteiger partial charge in [-0.25, -0.2) is 8.42 Å². The largest absolute Gasteiger partial charge is 0.383 e. The van der Waals surface area contributed by atoms with E-state index in [-0.39, 0.29) is 10.1 Å². The average Bonchev–Trinajstić information content (AvgIpc) is 2.73. The van der Waals surface area contributed by atoms with Crippen molar-refractivity contribution in [3.05, 3.63) is 17.0 Å². The fourth-order valence-corrected chi connectivity index (χ4v) is 3.05. The molecule has 1 rings (SSSR count). The summed E-state index contributed by atoms with van der Waals surface area (Å²) in [5, 5.41) is 1.47. The Kier molecular flexibility index (Phi) is 4.93. The fourth-order valence-electron chi connectivity index (χ4n) is 1.11. The summed E-state index contributed by atoms with van der Waals surface area (Å²) in [5.74, 6) is -0.259. The zero-order chi connectivity index (χ0) is 13.1. The lowest BCUT2D eigenvalue weighted by Crippen LogP contribution is -2.29. The predicted molar refractivity (Wildman–Crippen MR) is 66.2 cm³/mol. The van der Waals surface area contributed by atoms with Crippen LogP contribution < -0.4 is 0 Å². The zero-order valence-corrected chi connectivity index (χ0v) is 11.7. The van der Waals surface area contributed by atoms with Crippen LogP contribution >= 0.6 is 22.0 Å². The van der Waals surface area contributed by atoms with E-state index in [9.17, 15) is 13.2 Å². The third-order valence-electron chi connectivity index (χ3n) is 2.04. The van der Waals surface area contributed by atoms with Crippen molar-refractivity contribution in [1.82, 2.24) is 4.90 Å². The van der Waals surface area contributed by atoms with Gasteiger partial charge in [0.1, 0.15) is 4.21 Å². The smallest absolute Gasteiger partial charge is 0.270 e. The molecule has 0 aliphatic heterocycles. The van der Waals surface area contributed by atoms with Crippen LogP contribution in [0.25, 0.3) is 0 Å². The van der Waals surface area contributed by atoms with E-state index in [0.717, 1.165) is 11.3 Å². The van der Waals surface area contributed by atoms with Gasteiger partial charge in [0.15, 0.2) is 0 Å². The minimum atomic E-state index is -3.76. The maximum atomic E-state index is 11.8. The first-order valence-corrected chi connectivity index (χ1v) is 7.82. The molecule has 0 aliphatic rings. The van der Waals surface area contributed by atoms with Crippen molar-refractivity contribution < 1.29 is 17.9 Å². The third kappa shape index (κ3) is 3.95. The van der Waals surface area contributed by atoms with Crippen LogP contribution in [0.4, 0.5) is 0 Å². The van der Waals surface area contributed by atoms with Crippen molar-refractivity contribution in [2.45, 2.75) is 4.21 Å².